The Morgan fingerprint density at radius 3 is 2.42 bits per heavy atom. The number of carbonyl (C=O) groups is 1. The molecular weight excluding hydrogens is 324 g/mol. The van der Waals surface area contributed by atoms with E-state index >= 15 is 0 Å². The minimum atomic E-state index is -1.37. The summed E-state index contributed by atoms with van der Waals surface area (Å²) in [5.74, 6) is -1.03. The summed E-state index contributed by atoms with van der Waals surface area (Å²) in [4.78, 5) is 11.2. The molecule has 0 amide bonds. The third kappa shape index (κ3) is 1.92. The second kappa shape index (κ2) is 5.20. The Hall–Kier alpha value is -2.62. The molecule has 2 aliphatic carbocycles. The zero-order valence-corrected chi connectivity index (χ0v) is 13.3. The SMILES string of the molecule is O=C(O)c1cccc(C2(O)c3ccc(-c4ccccc4)c2c3Cl)c1. The summed E-state index contributed by atoms with van der Waals surface area (Å²) < 4.78 is 0. The minimum Gasteiger partial charge on any atom is -0.478 e. The van der Waals surface area contributed by atoms with Gasteiger partial charge < -0.3 is 10.2 Å². The molecule has 0 spiro atoms. The summed E-state index contributed by atoms with van der Waals surface area (Å²) in [5.41, 5.74) is 2.29. The fourth-order valence-corrected chi connectivity index (χ4v) is 3.76. The van der Waals surface area contributed by atoms with Crippen molar-refractivity contribution in [1.29, 1.82) is 0 Å². The van der Waals surface area contributed by atoms with Gasteiger partial charge in [-0.25, -0.2) is 4.79 Å². The lowest BCUT2D eigenvalue weighted by atomic mass is 9.63. The molecule has 0 saturated carbocycles. The molecule has 0 heterocycles. The van der Waals surface area contributed by atoms with Gasteiger partial charge in [0.1, 0.15) is 5.60 Å². The monoisotopic (exact) mass is 336 g/mol. The molecule has 2 aromatic rings. The first-order valence-electron chi connectivity index (χ1n) is 7.48. The van der Waals surface area contributed by atoms with Crippen LogP contribution in [0.2, 0.25) is 0 Å². The van der Waals surface area contributed by atoms with Crippen LogP contribution in [0.25, 0.3) is 5.57 Å². The van der Waals surface area contributed by atoms with Crippen molar-refractivity contribution in [1.82, 2.24) is 0 Å². The topological polar surface area (TPSA) is 57.5 Å². The number of fused-ring (bicyclic) bond motifs is 2. The molecule has 2 bridgehead atoms. The smallest absolute Gasteiger partial charge is 0.335 e. The van der Waals surface area contributed by atoms with E-state index in [1.54, 1.807) is 18.2 Å². The van der Waals surface area contributed by atoms with Crippen molar-refractivity contribution >= 4 is 23.1 Å². The average molecular weight is 337 g/mol. The highest BCUT2D eigenvalue weighted by molar-refractivity contribution is 6.36. The predicted octanol–water partition coefficient (Wildman–Crippen LogP) is 4.10. The maximum atomic E-state index is 11.3. The van der Waals surface area contributed by atoms with E-state index in [0.717, 1.165) is 11.1 Å². The number of carboxylic acids is 1. The van der Waals surface area contributed by atoms with Crippen LogP contribution in [0.15, 0.2) is 82.9 Å². The summed E-state index contributed by atoms with van der Waals surface area (Å²) in [6, 6.07) is 16.0. The minimum absolute atomic E-state index is 0.133. The summed E-state index contributed by atoms with van der Waals surface area (Å²) in [6.07, 6.45) is 3.73. The first-order chi connectivity index (χ1) is 11.5. The molecule has 0 radical (unpaired) electrons. The van der Waals surface area contributed by atoms with Crippen LogP contribution in [-0.2, 0) is 5.60 Å². The molecule has 0 saturated heterocycles. The maximum absolute atomic E-state index is 11.3. The molecule has 24 heavy (non-hydrogen) atoms. The average Bonchev–Trinajstić information content (AvgIpc) is 2.62. The normalized spacial score (nSPS) is 21.8. The standard InChI is InChI=1S/C20H13ClO3/c21-18-16-10-9-15(12-5-2-1-3-6-12)17(18)20(16,24)14-8-4-7-13(11-14)19(22)23/h1-11,24H,(H,22,23). The zero-order chi connectivity index (χ0) is 16.9. The lowest BCUT2D eigenvalue weighted by Gasteiger charge is -2.46. The molecule has 0 aliphatic heterocycles. The number of hydrogen-bond acceptors (Lipinski definition) is 2. The lowest BCUT2D eigenvalue weighted by Crippen LogP contribution is -2.41. The Labute approximate surface area is 143 Å². The van der Waals surface area contributed by atoms with Gasteiger partial charge >= 0.3 is 5.97 Å². The second-order valence-corrected chi connectivity index (χ2v) is 6.19. The van der Waals surface area contributed by atoms with E-state index in [4.69, 9.17) is 11.6 Å². The Morgan fingerprint density at radius 1 is 1.00 bits per heavy atom. The van der Waals surface area contributed by atoms with Gasteiger partial charge in [-0.2, -0.15) is 0 Å². The summed E-state index contributed by atoms with van der Waals surface area (Å²) >= 11 is 6.39. The van der Waals surface area contributed by atoms with E-state index in [1.807, 2.05) is 36.4 Å². The van der Waals surface area contributed by atoms with Gasteiger partial charge in [-0.05, 0) is 28.8 Å². The number of rotatable bonds is 3. The van der Waals surface area contributed by atoms with Crippen LogP contribution in [0.5, 0.6) is 0 Å². The highest BCUT2D eigenvalue weighted by Crippen LogP contribution is 2.59. The van der Waals surface area contributed by atoms with Crippen molar-refractivity contribution < 1.29 is 15.0 Å². The number of allylic oxidation sites excluding steroid dienone is 2. The van der Waals surface area contributed by atoms with Crippen LogP contribution < -0.4 is 0 Å². The molecule has 0 fully saturated rings. The fraction of sp³-hybridized carbons (Fsp3) is 0.0500. The summed E-state index contributed by atoms with van der Waals surface area (Å²) in [5, 5.41) is 21.1. The van der Waals surface area contributed by atoms with Gasteiger partial charge in [0.15, 0.2) is 0 Å². The van der Waals surface area contributed by atoms with Crippen molar-refractivity contribution in [3.63, 3.8) is 0 Å². The third-order valence-corrected chi connectivity index (χ3v) is 4.90. The second-order valence-electron chi connectivity index (χ2n) is 5.81. The maximum Gasteiger partial charge on any atom is 0.335 e. The third-order valence-electron chi connectivity index (χ3n) is 4.51. The summed E-state index contributed by atoms with van der Waals surface area (Å²) in [7, 11) is 0. The quantitative estimate of drug-likeness (QED) is 0.887. The van der Waals surface area contributed by atoms with Crippen LogP contribution in [0.1, 0.15) is 21.5 Å². The van der Waals surface area contributed by atoms with Crippen LogP contribution in [0.4, 0.5) is 0 Å². The summed E-state index contributed by atoms with van der Waals surface area (Å²) in [6.45, 7) is 0. The van der Waals surface area contributed by atoms with Crippen molar-refractivity contribution in [2.24, 2.45) is 0 Å². The molecular formula is C20H13ClO3. The molecule has 1 unspecified atom stereocenters. The van der Waals surface area contributed by atoms with Crippen LogP contribution in [0.3, 0.4) is 0 Å². The van der Waals surface area contributed by atoms with Gasteiger partial charge in [0.2, 0.25) is 0 Å². The van der Waals surface area contributed by atoms with Gasteiger partial charge in [0, 0.05) is 11.1 Å². The number of aromatic carboxylic acids is 1. The predicted molar refractivity (Wildman–Crippen MR) is 92.7 cm³/mol. The molecule has 4 rings (SSSR count). The van der Waals surface area contributed by atoms with E-state index in [0.29, 0.717) is 21.7 Å². The van der Waals surface area contributed by atoms with E-state index in [9.17, 15) is 15.0 Å². The van der Waals surface area contributed by atoms with Gasteiger partial charge in [-0.3, -0.25) is 0 Å². The molecule has 118 valence electrons. The molecule has 2 aromatic carbocycles. The van der Waals surface area contributed by atoms with Gasteiger partial charge in [0.25, 0.3) is 0 Å². The largest absolute Gasteiger partial charge is 0.478 e. The van der Waals surface area contributed by atoms with Crippen molar-refractivity contribution in [3.8, 4) is 0 Å². The van der Waals surface area contributed by atoms with Crippen LogP contribution >= 0.6 is 11.6 Å². The molecule has 0 aromatic heterocycles. The fourth-order valence-electron chi connectivity index (χ4n) is 3.32. The highest BCUT2D eigenvalue weighted by Gasteiger charge is 2.52. The first kappa shape index (κ1) is 14.9. The molecule has 1 atom stereocenters. The number of aliphatic hydroxyl groups is 1. The number of halogens is 1. The molecule has 2 aliphatic rings. The van der Waals surface area contributed by atoms with Crippen molar-refractivity contribution in [3.05, 3.63) is 99.6 Å². The Morgan fingerprint density at radius 2 is 1.75 bits per heavy atom. The molecule has 4 heteroatoms. The van der Waals surface area contributed by atoms with Crippen LogP contribution in [0, 0.1) is 0 Å². The van der Waals surface area contributed by atoms with Crippen molar-refractivity contribution in [2.75, 3.05) is 0 Å². The molecule has 3 nitrogen and oxygen atoms in total. The van der Waals surface area contributed by atoms with Gasteiger partial charge in [-0.15, -0.1) is 0 Å². The molecule has 2 N–H and O–H groups in total. The zero-order valence-electron chi connectivity index (χ0n) is 12.5. The Balaban J connectivity index is 1.85. The number of carboxylic acid groups (broad SMARTS) is 1. The van der Waals surface area contributed by atoms with Crippen molar-refractivity contribution in [2.45, 2.75) is 5.60 Å². The number of benzene rings is 2. The lowest BCUT2D eigenvalue weighted by molar-refractivity contribution is 0.0696. The van der Waals surface area contributed by atoms with E-state index < -0.39 is 11.6 Å². The Kier molecular flexibility index (Phi) is 3.23. The highest BCUT2D eigenvalue weighted by atomic mass is 35.5. The van der Waals surface area contributed by atoms with E-state index in [-0.39, 0.29) is 5.56 Å². The first-order valence-corrected chi connectivity index (χ1v) is 7.86. The van der Waals surface area contributed by atoms with Gasteiger partial charge in [-0.1, -0.05) is 66.2 Å². The van der Waals surface area contributed by atoms with E-state index in [1.165, 1.54) is 12.1 Å². The van der Waals surface area contributed by atoms with Crippen LogP contribution in [-0.4, -0.2) is 16.2 Å². The Bertz CT molecular complexity index is 954. The van der Waals surface area contributed by atoms with Gasteiger partial charge in [0.05, 0.1) is 10.6 Å². The van der Waals surface area contributed by atoms with E-state index in [2.05, 4.69) is 0 Å². The number of hydrogen-bond donors (Lipinski definition) is 2.